The maximum Gasteiger partial charge on any atom is 0.416 e. The number of alkyl halides is 3. The first-order valence-corrected chi connectivity index (χ1v) is 11.2. The average Bonchev–Trinajstić information content (AvgIpc) is 3.19. The van der Waals surface area contributed by atoms with Gasteiger partial charge in [-0.3, -0.25) is 9.59 Å². The smallest absolute Gasteiger partial charge is 0.326 e. The molecule has 0 bridgehead atoms. The van der Waals surface area contributed by atoms with Crippen LogP contribution in [0.15, 0.2) is 54.6 Å². The topological polar surface area (TPSA) is 88.4 Å². The highest BCUT2D eigenvalue weighted by molar-refractivity contribution is 6.05. The van der Waals surface area contributed by atoms with Crippen molar-refractivity contribution in [1.82, 2.24) is 14.6 Å². The molecule has 0 spiro atoms. The molecule has 186 valence electrons. The van der Waals surface area contributed by atoms with E-state index in [4.69, 9.17) is 0 Å². The van der Waals surface area contributed by atoms with Gasteiger partial charge in [-0.2, -0.15) is 18.3 Å². The number of anilines is 2. The second-order valence-corrected chi connectivity index (χ2v) is 8.48. The molecule has 2 heterocycles. The summed E-state index contributed by atoms with van der Waals surface area (Å²) in [6.45, 7) is 5.73. The van der Waals surface area contributed by atoms with Crippen LogP contribution in [0.1, 0.15) is 45.0 Å². The van der Waals surface area contributed by atoms with Crippen molar-refractivity contribution in [3.8, 4) is 0 Å². The van der Waals surface area contributed by atoms with Crippen LogP contribution in [0.5, 0.6) is 0 Å². The molecular weight excluding hydrogens is 471 g/mol. The van der Waals surface area contributed by atoms with Gasteiger partial charge in [0.1, 0.15) is 0 Å². The lowest BCUT2D eigenvalue weighted by molar-refractivity contribution is -0.137. The summed E-state index contributed by atoms with van der Waals surface area (Å²) in [5.74, 6) is -0.841. The van der Waals surface area contributed by atoms with E-state index < -0.39 is 17.6 Å². The number of carbonyl (C=O) groups is 2. The van der Waals surface area contributed by atoms with E-state index in [0.717, 1.165) is 40.4 Å². The Balaban J connectivity index is 1.41. The van der Waals surface area contributed by atoms with Crippen molar-refractivity contribution in [3.63, 3.8) is 0 Å². The zero-order chi connectivity index (χ0) is 26.0. The molecular formula is C26H24F3N5O2. The summed E-state index contributed by atoms with van der Waals surface area (Å²) in [5.41, 5.74) is 4.08. The maximum atomic E-state index is 12.9. The fourth-order valence-electron chi connectivity index (χ4n) is 3.98. The third-order valence-corrected chi connectivity index (χ3v) is 5.74. The van der Waals surface area contributed by atoms with Crippen LogP contribution >= 0.6 is 0 Å². The van der Waals surface area contributed by atoms with Gasteiger partial charge in [0, 0.05) is 40.8 Å². The molecule has 0 aliphatic carbocycles. The minimum atomic E-state index is -4.51. The normalized spacial score (nSPS) is 11.5. The largest absolute Gasteiger partial charge is 0.416 e. The molecule has 2 amide bonds. The molecule has 10 heteroatoms. The zero-order valence-corrected chi connectivity index (χ0v) is 19.9. The van der Waals surface area contributed by atoms with Gasteiger partial charge < -0.3 is 10.6 Å². The number of nitrogens with one attached hydrogen (secondary N) is 2. The van der Waals surface area contributed by atoms with Crippen LogP contribution in [0.3, 0.4) is 0 Å². The van der Waals surface area contributed by atoms with Crippen molar-refractivity contribution in [2.24, 2.45) is 0 Å². The van der Waals surface area contributed by atoms with Crippen LogP contribution in [0.4, 0.5) is 24.5 Å². The summed E-state index contributed by atoms with van der Waals surface area (Å²) in [4.78, 5) is 29.8. The van der Waals surface area contributed by atoms with Gasteiger partial charge in [0.15, 0.2) is 5.65 Å². The lowest BCUT2D eigenvalue weighted by atomic mass is 10.1. The van der Waals surface area contributed by atoms with E-state index in [-0.39, 0.29) is 23.6 Å². The molecule has 0 atom stereocenters. The highest BCUT2D eigenvalue weighted by atomic mass is 19.4. The standard InChI is InChI=1S/C26H24F3N5O2/c1-15-12-23-30-16(2)22(17(3)34(23)33-15)10-11-24(35)31-20-8-4-6-18(13-20)25(36)32-21-9-5-7-19(14-21)26(27,28)29/h4-9,12-14H,10-11H2,1-3H3,(H,31,35)(H,32,36). The van der Waals surface area contributed by atoms with E-state index in [2.05, 4.69) is 20.7 Å². The van der Waals surface area contributed by atoms with Gasteiger partial charge in [0.05, 0.1) is 11.3 Å². The molecule has 0 radical (unpaired) electrons. The molecule has 0 saturated heterocycles. The first-order valence-electron chi connectivity index (χ1n) is 11.2. The third kappa shape index (κ3) is 5.54. The van der Waals surface area contributed by atoms with Gasteiger partial charge in [0.2, 0.25) is 5.91 Å². The molecule has 2 aromatic heterocycles. The number of amides is 2. The molecule has 4 rings (SSSR count). The van der Waals surface area contributed by atoms with Crippen LogP contribution in [0.25, 0.3) is 5.65 Å². The Hall–Kier alpha value is -4.21. The Morgan fingerprint density at radius 2 is 1.64 bits per heavy atom. The summed E-state index contributed by atoms with van der Waals surface area (Å²) in [5, 5.41) is 9.67. The molecule has 0 aliphatic heterocycles. The Labute approximate surface area is 205 Å². The number of fused-ring (bicyclic) bond motifs is 1. The second-order valence-electron chi connectivity index (χ2n) is 8.48. The molecule has 0 saturated carbocycles. The number of hydrogen-bond acceptors (Lipinski definition) is 4. The molecule has 7 nitrogen and oxygen atoms in total. The van der Waals surface area contributed by atoms with Crippen LogP contribution in [0.2, 0.25) is 0 Å². The first-order chi connectivity index (χ1) is 17.0. The van der Waals surface area contributed by atoms with Crippen LogP contribution in [-0.4, -0.2) is 26.4 Å². The Kier molecular flexibility index (Phi) is 6.78. The number of benzene rings is 2. The molecule has 2 N–H and O–H groups in total. The summed E-state index contributed by atoms with van der Waals surface area (Å²) in [7, 11) is 0. The van der Waals surface area contributed by atoms with Crippen molar-refractivity contribution in [2.75, 3.05) is 10.6 Å². The summed E-state index contributed by atoms with van der Waals surface area (Å²) < 4.78 is 40.5. The number of carbonyl (C=O) groups excluding carboxylic acids is 2. The number of halogens is 3. The quantitative estimate of drug-likeness (QED) is 0.370. The van der Waals surface area contributed by atoms with Gasteiger partial charge in [0.25, 0.3) is 5.91 Å². The predicted molar refractivity (Wildman–Crippen MR) is 130 cm³/mol. The van der Waals surface area contributed by atoms with E-state index >= 15 is 0 Å². The van der Waals surface area contributed by atoms with Crippen molar-refractivity contribution in [1.29, 1.82) is 0 Å². The van der Waals surface area contributed by atoms with Gasteiger partial charge >= 0.3 is 6.18 Å². The maximum absolute atomic E-state index is 12.9. The number of hydrogen-bond donors (Lipinski definition) is 2. The zero-order valence-electron chi connectivity index (χ0n) is 19.9. The van der Waals surface area contributed by atoms with E-state index in [9.17, 15) is 22.8 Å². The van der Waals surface area contributed by atoms with Crippen molar-refractivity contribution >= 4 is 28.8 Å². The van der Waals surface area contributed by atoms with E-state index in [1.54, 1.807) is 16.6 Å². The number of nitrogens with zero attached hydrogens (tertiary/aromatic N) is 3. The van der Waals surface area contributed by atoms with Crippen LogP contribution in [-0.2, 0) is 17.4 Å². The fourth-order valence-corrected chi connectivity index (χ4v) is 3.98. The van der Waals surface area contributed by atoms with E-state index in [0.29, 0.717) is 12.1 Å². The van der Waals surface area contributed by atoms with E-state index in [1.165, 1.54) is 24.3 Å². The molecule has 2 aromatic carbocycles. The molecule has 36 heavy (non-hydrogen) atoms. The van der Waals surface area contributed by atoms with Crippen LogP contribution in [0, 0.1) is 20.8 Å². The van der Waals surface area contributed by atoms with Crippen molar-refractivity contribution in [2.45, 2.75) is 39.8 Å². The summed E-state index contributed by atoms with van der Waals surface area (Å²) >= 11 is 0. The predicted octanol–water partition coefficient (Wildman–Crippen LogP) is 5.50. The van der Waals surface area contributed by atoms with Gasteiger partial charge in [-0.1, -0.05) is 12.1 Å². The first kappa shape index (κ1) is 24.9. The number of aromatic nitrogens is 3. The van der Waals surface area contributed by atoms with Gasteiger partial charge in [-0.15, -0.1) is 0 Å². The summed E-state index contributed by atoms with van der Waals surface area (Å²) in [6, 6.07) is 12.5. The number of aryl methyl sites for hydroxylation is 3. The SMILES string of the molecule is Cc1cc2nc(C)c(CCC(=O)Nc3cccc(C(=O)Nc4cccc(C(F)(F)F)c4)c3)c(C)n2n1. The Bertz CT molecular complexity index is 1460. The minimum Gasteiger partial charge on any atom is -0.326 e. The third-order valence-electron chi connectivity index (χ3n) is 5.74. The Morgan fingerprint density at radius 1 is 0.944 bits per heavy atom. The average molecular weight is 496 g/mol. The highest BCUT2D eigenvalue weighted by Gasteiger charge is 2.30. The monoisotopic (exact) mass is 495 g/mol. The van der Waals surface area contributed by atoms with Crippen molar-refractivity contribution in [3.05, 3.63) is 88.4 Å². The lowest BCUT2D eigenvalue weighted by Gasteiger charge is -2.12. The highest BCUT2D eigenvalue weighted by Crippen LogP contribution is 2.30. The number of rotatable bonds is 6. The van der Waals surface area contributed by atoms with Gasteiger partial charge in [-0.05, 0) is 69.2 Å². The van der Waals surface area contributed by atoms with Crippen molar-refractivity contribution < 1.29 is 22.8 Å². The molecule has 0 fully saturated rings. The Morgan fingerprint density at radius 3 is 2.36 bits per heavy atom. The van der Waals surface area contributed by atoms with E-state index in [1.807, 2.05) is 26.8 Å². The fraction of sp³-hybridized carbons (Fsp3) is 0.231. The second kappa shape index (κ2) is 9.80. The van der Waals surface area contributed by atoms with Crippen LogP contribution < -0.4 is 10.6 Å². The lowest BCUT2D eigenvalue weighted by Crippen LogP contribution is -2.16. The minimum absolute atomic E-state index is 0.0213. The summed E-state index contributed by atoms with van der Waals surface area (Å²) in [6.07, 6.45) is -3.86. The molecule has 0 aliphatic rings. The molecule has 0 unspecified atom stereocenters. The molecule has 4 aromatic rings. The van der Waals surface area contributed by atoms with Gasteiger partial charge in [-0.25, -0.2) is 9.50 Å².